The van der Waals surface area contributed by atoms with E-state index in [0.717, 1.165) is 24.6 Å². The summed E-state index contributed by atoms with van der Waals surface area (Å²) in [6, 6.07) is 10.1. The average molecular weight is 477 g/mol. The van der Waals surface area contributed by atoms with Gasteiger partial charge in [-0.05, 0) is 30.3 Å². The first-order chi connectivity index (χ1) is 15.8. The van der Waals surface area contributed by atoms with Crippen molar-refractivity contribution in [3.05, 3.63) is 71.8 Å². The molecule has 0 aliphatic carbocycles. The SMILES string of the molecule is O=C(Nc1cccc(Oc2cc(-c3nnco3)ncn2)c1)Nc1ccc(C(F)(F)F)c(Cl)c1. The summed E-state index contributed by atoms with van der Waals surface area (Å²) in [4.78, 5) is 20.3. The fraction of sp³-hybridized carbons (Fsp3) is 0.0500. The van der Waals surface area contributed by atoms with E-state index in [1.807, 2.05) is 0 Å². The molecule has 2 amide bonds. The number of carbonyl (C=O) groups excluding carboxylic acids is 1. The molecule has 0 saturated carbocycles. The highest BCUT2D eigenvalue weighted by Gasteiger charge is 2.33. The van der Waals surface area contributed by atoms with Gasteiger partial charge in [0.1, 0.15) is 17.8 Å². The standard InChI is InChI=1S/C20H12ClF3N6O3/c21-15-7-12(4-5-14(15)20(22,23)24)29-19(31)28-11-2-1-3-13(6-11)33-17-8-16(25-9-26-17)18-30-27-10-32-18/h1-10H,(H2,28,29,31). The average Bonchev–Trinajstić information content (AvgIpc) is 3.28. The number of nitrogens with zero attached hydrogens (tertiary/aromatic N) is 4. The van der Waals surface area contributed by atoms with Gasteiger partial charge >= 0.3 is 12.2 Å². The van der Waals surface area contributed by atoms with E-state index in [1.165, 1.54) is 18.5 Å². The van der Waals surface area contributed by atoms with Crippen LogP contribution in [0.25, 0.3) is 11.6 Å². The summed E-state index contributed by atoms with van der Waals surface area (Å²) < 4.78 is 49.2. The first-order valence-corrected chi connectivity index (χ1v) is 9.47. The maximum Gasteiger partial charge on any atom is 0.417 e. The van der Waals surface area contributed by atoms with Gasteiger partial charge in [0.05, 0.1) is 10.6 Å². The van der Waals surface area contributed by atoms with Gasteiger partial charge < -0.3 is 19.8 Å². The molecule has 0 aliphatic rings. The Balaban J connectivity index is 1.42. The number of rotatable bonds is 5. The van der Waals surface area contributed by atoms with Crippen LogP contribution in [-0.2, 0) is 6.18 Å². The predicted molar refractivity (Wildman–Crippen MR) is 111 cm³/mol. The fourth-order valence-corrected chi connectivity index (χ4v) is 2.96. The smallest absolute Gasteiger partial charge is 0.417 e. The molecule has 0 bridgehead atoms. The molecule has 0 radical (unpaired) electrons. The van der Waals surface area contributed by atoms with Gasteiger partial charge in [-0.3, -0.25) is 0 Å². The monoisotopic (exact) mass is 476 g/mol. The Morgan fingerprint density at radius 2 is 1.82 bits per heavy atom. The third-order valence-corrected chi connectivity index (χ3v) is 4.38. The molecule has 0 unspecified atom stereocenters. The molecule has 13 heteroatoms. The molecule has 2 heterocycles. The molecule has 0 spiro atoms. The minimum Gasteiger partial charge on any atom is -0.439 e. The lowest BCUT2D eigenvalue weighted by molar-refractivity contribution is -0.137. The van der Waals surface area contributed by atoms with Crippen LogP contribution in [-0.4, -0.2) is 26.2 Å². The number of benzene rings is 2. The van der Waals surface area contributed by atoms with Crippen LogP contribution >= 0.6 is 11.6 Å². The Bertz CT molecular complexity index is 1280. The lowest BCUT2D eigenvalue weighted by Crippen LogP contribution is -2.19. The number of nitrogens with one attached hydrogen (secondary N) is 2. The molecule has 33 heavy (non-hydrogen) atoms. The molecule has 2 N–H and O–H groups in total. The zero-order valence-corrected chi connectivity index (χ0v) is 17.1. The first-order valence-electron chi connectivity index (χ1n) is 9.09. The number of hydrogen-bond donors (Lipinski definition) is 2. The summed E-state index contributed by atoms with van der Waals surface area (Å²) in [7, 11) is 0. The molecule has 0 atom stereocenters. The molecule has 4 rings (SSSR count). The van der Waals surface area contributed by atoms with Gasteiger partial charge in [0.15, 0.2) is 0 Å². The number of ether oxygens (including phenoxy) is 1. The van der Waals surface area contributed by atoms with Crippen molar-refractivity contribution in [2.45, 2.75) is 6.18 Å². The first kappa shape index (κ1) is 22.0. The third kappa shape index (κ3) is 5.54. The van der Waals surface area contributed by atoms with E-state index in [-0.39, 0.29) is 17.5 Å². The largest absolute Gasteiger partial charge is 0.439 e. The summed E-state index contributed by atoms with van der Waals surface area (Å²) in [5.74, 6) is 0.734. The molecule has 2 aromatic carbocycles. The number of urea groups is 1. The van der Waals surface area contributed by atoms with Gasteiger partial charge in [-0.25, -0.2) is 14.8 Å². The van der Waals surface area contributed by atoms with Crippen molar-refractivity contribution in [1.82, 2.24) is 20.2 Å². The second-order valence-corrected chi connectivity index (χ2v) is 6.79. The van der Waals surface area contributed by atoms with E-state index in [9.17, 15) is 18.0 Å². The Kier molecular flexibility index (Phi) is 6.09. The van der Waals surface area contributed by atoms with E-state index < -0.39 is 22.8 Å². The van der Waals surface area contributed by atoms with Crippen LogP contribution in [0.4, 0.5) is 29.3 Å². The van der Waals surface area contributed by atoms with Gasteiger partial charge in [-0.2, -0.15) is 13.2 Å². The minimum absolute atomic E-state index is 0.0902. The highest BCUT2D eigenvalue weighted by atomic mass is 35.5. The summed E-state index contributed by atoms with van der Waals surface area (Å²) in [5, 5.41) is 11.8. The van der Waals surface area contributed by atoms with Gasteiger partial charge in [0.2, 0.25) is 12.3 Å². The normalized spacial score (nSPS) is 11.2. The topological polar surface area (TPSA) is 115 Å². The summed E-state index contributed by atoms with van der Waals surface area (Å²) in [5.41, 5.74) is -0.185. The molecule has 9 nitrogen and oxygen atoms in total. The maximum atomic E-state index is 12.8. The predicted octanol–water partition coefficient (Wildman–Crippen LogP) is 5.64. The fourth-order valence-electron chi connectivity index (χ4n) is 2.67. The van der Waals surface area contributed by atoms with Crippen molar-refractivity contribution in [3.63, 3.8) is 0 Å². The third-order valence-electron chi connectivity index (χ3n) is 4.07. The van der Waals surface area contributed by atoms with Crippen LogP contribution in [0, 0.1) is 0 Å². The summed E-state index contributed by atoms with van der Waals surface area (Å²) in [6.45, 7) is 0. The van der Waals surface area contributed by atoms with Crippen LogP contribution in [0.1, 0.15) is 5.56 Å². The highest BCUT2D eigenvalue weighted by molar-refractivity contribution is 6.31. The lowest BCUT2D eigenvalue weighted by Gasteiger charge is -2.12. The molecular weight excluding hydrogens is 465 g/mol. The quantitative estimate of drug-likeness (QED) is 0.383. The van der Waals surface area contributed by atoms with E-state index in [0.29, 0.717) is 17.1 Å². The molecule has 0 fully saturated rings. The second-order valence-electron chi connectivity index (χ2n) is 6.39. The van der Waals surface area contributed by atoms with Crippen molar-refractivity contribution < 1.29 is 27.1 Å². The van der Waals surface area contributed by atoms with Crippen molar-refractivity contribution in [3.8, 4) is 23.2 Å². The van der Waals surface area contributed by atoms with Crippen LogP contribution in [0.3, 0.4) is 0 Å². The molecule has 2 aromatic heterocycles. The highest BCUT2D eigenvalue weighted by Crippen LogP contribution is 2.36. The maximum absolute atomic E-state index is 12.8. The molecule has 0 saturated heterocycles. The summed E-state index contributed by atoms with van der Waals surface area (Å²) >= 11 is 5.67. The van der Waals surface area contributed by atoms with Crippen molar-refractivity contribution in [2.24, 2.45) is 0 Å². The number of halogens is 4. The van der Waals surface area contributed by atoms with E-state index in [4.69, 9.17) is 20.8 Å². The number of aromatic nitrogens is 4. The summed E-state index contributed by atoms with van der Waals surface area (Å²) in [6.07, 6.45) is -2.16. The Morgan fingerprint density at radius 3 is 2.52 bits per heavy atom. The molecule has 168 valence electrons. The van der Waals surface area contributed by atoms with Crippen molar-refractivity contribution >= 4 is 29.0 Å². The number of amides is 2. The van der Waals surface area contributed by atoms with Crippen LogP contribution in [0.2, 0.25) is 5.02 Å². The lowest BCUT2D eigenvalue weighted by atomic mass is 10.2. The molecule has 0 aliphatic heterocycles. The van der Waals surface area contributed by atoms with Crippen LogP contribution < -0.4 is 15.4 Å². The van der Waals surface area contributed by atoms with Crippen LogP contribution in [0.5, 0.6) is 11.6 Å². The number of carbonyl (C=O) groups is 1. The van der Waals surface area contributed by atoms with Gasteiger partial charge in [-0.1, -0.05) is 17.7 Å². The van der Waals surface area contributed by atoms with E-state index in [2.05, 4.69) is 30.8 Å². The van der Waals surface area contributed by atoms with E-state index in [1.54, 1.807) is 18.2 Å². The second kappa shape index (κ2) is 9.12. The number of anilines is 2. The van der Waals surface area contributed by atoms with Gasteiger partial charge in [0, 0.05) is 23.5 Å². The Morgan fingerprint density at radius 1 is 1.03 bits per heavy atom. The number of hydrogen-bond acceptors (Lipinski definition) is 7. The Labute approximate surface area is 188 Å². The number of alkyl halides is 3. The minimum atomic E-state index is -4.59. The van der Waals surface area contributed by atoms with E-state index >= 15 is 0 Å². The molecule has 4 aromatic rings. The Hall–Kier alpha value is -4.19. The zero-order valence-electron chi connectivity index (χ0n) is 16.3. The van der Waals surface area contributed by atoms with Gasteiger partial charge in [0.25, 0.3) is 5.89 Å². The van der Waals surface area contributed by atoms with Gasteiger partial charge in [-0.15, -0.1) is 10.2 Å². The molecular formula is C20H12ClF3N6O3. The van der Waals surface area contributed by atoms with Crippen molar-refractivity contribution in [2.75, 3.05) is 10.6 Å². The van der Waals surface area contributed by atoms with Crippen molar-refractivity contribution in [1.29, 1.82) is 0 Å². The van der Waals surface area contributed by atoms with Crippen LogP contribution in [0.15, 0.2) is 65.7 Å². The zero-order chi connectivity index (χ0) is 23.4.